The summed E-state index contributed by atoms with van der Waals surface area (Å²) in [4.78, 5) is 11.4. The fraction of sp³-hybridized carbons (Fsp3) is 0.0714. The summed E-state index contributed by atoms with van der Waals surface area (Å²) in [6.07, 6.45) is 3.20. The molecule has 4 nitrogen and oxygen atoms in total. The van der Waals surface area contributed by atoms with Crippen molar-refractivity contribution in [3.8, 4) is 5.75 Å². The second-order valence-electron chi connectivity index (χ2n) is 3.69. The Hall–Kier alpha value is -2.33. The van der Waals surface area contributed by atoms with Crippen LogP contribution in [0.3, 0.4) is 0 Å². The number of rotatable bonds is 3. The molecule has 0 saturated carbocycles. The fourth-order valence-electron chi connectivity index (χ4n) is 1.48. The molecule has 0 aliphatic rings. The maximum atomic E-state index is 11.4. The molecule has 0 aliphatic carbocycles. The van der Waals surface area contributed by atoms with Crippen molar-refractivity contribution in [2.75, 3.05) is 0 Å². The largest absolute Gasteiger partial charge is 0.502 e. The van der Waals surface area contributed by atoms with E-state index in [0.717, 1.165) is 11.6 Å². The quantitative estimate of drug-likeness (QED) is 0.866. The van der Waals surface area contributed by atoms with Crippen molar-refractivity contribution in [1.82, 2.24) is 0 Å². The maximum Gasteiger partial charge on any atom is 0.227 e. The molecule has 18 heavy (non-hydrogen) atoms. The van der Waals surface area contributed by atoms with Crippen LogP contribution in [0.5, 0.6) is 5.75 Å². The topological polar surface area (TPSA) is 70.7 Å². The van der Waals surface area contributed by atoms with Crippen molar-refractivity contribution < 1.29 is 14.6 Å². The van der Waals surface area contributed by atoms with Crippen LogP contribution in [0, 0.1) is 0 Å². The van der Waals surface area contributed by atoms with E-state index in [2.05, 4.69) is 0 Å². The second-order valence-corrected chi connectivity index (χ2v) is 3.69. The number of hydrogen-bond acceptors (Lipinski definition) is 4. The van der Waals surface area contributed by atoms with Crippen molar-refractivity contribution in [1.29, 1.82) is 0 Å². The van der Waals surface area contributed by atoms with Gasteiger partial charge in [-0.05, 0) is 11.6 Å². The summed E-state index contributed by atoms with van der Waals surface area (Å²) in [7, 11) is 0. The van der Waals surface area contributed by atoms with Crippen LogP contribution in [-0.4, -0.2) is 10.2 Å². The Morgan fingerprint density at radius 1 is 1.17 bits per heavy atom. The monoisotopic (exact) mass is 244 g/mol. The van der Waals surface area contributed by atoms with E-state index in [1.165, 1.54) is 6.08 Å². The van der Waals surface area contributed by atoms with Crippen LogP contribution in [0.2, 0.25) is 0 Å². The fourth-order valence-corrected chi connectivity index (χ4v) is 1.48. The highest BCUT2D eigenvalue weighted by molar-refractivity contribution is 5.69. The zero-order chi connectivity index (χ0) is 13.0. The van der Waals surface area contributed by atoms with Gasteiger partial charge in [0.1, 0.15) is 12.4 Å². The van der Waals surface area contributed by atoms with Crippen LogP contribution in [0.1, 0.15) is 17.1 Å². The van der Waals surface area contributed by atoms with Crippen molar-refractivity contribution in [3.05, 3.63) is 63.7 Å². The van der Waals surface area contributed by atoms with Crippen LogP contribution >= 0.6 is 0 Å². The van der Waals surface area contributed by atoms with Crippen LogP contribution in [-0.2, 0) is 6.61 Å². The smallest absolute Gasteiger partial charge is 0.227 e. The first-order valence-electron chi connectivity index (χ1n) is 5.40. The molecule has 1 aromatic carbocycles. The summed E-state index contributed by atoms with van der Waals surface area (Å²) in [5.41, 5.74) is 0.340. The van der Waals surface area contributed by atoms with Gasteiger partial charge < -0.3 is 14.6 Å². The van der Waals surface area contributed by atoms with E-state index in [1.807, 2.05) is 30.3 Å². The van der Waals surface area contributed by atoms with Gasteiger partial charge in [-0.2, -0.15) is 0 Å². The van der Waals surface area contributed by atoms with Gasteiger partial charge in [0.2, 0.25) is 11.2 Å². The lowest BCUT2D eigenvalue weighted by molar-refractivity contribution is 0.240. The second kappa shape index (κ2) is 5.33. The highest BCUT2D eigenvalue weighted by atomic mass is 16.4. The zero-order valence-corrected chi connectivity index (χ0v) is 9.54. The third-order valence-electron chi connectivity index (χ3n) is 2.38. The van der Waals surface area contributed by atoms with Gasteiger partial charge in [0.25, 0.3) is 0 Å². The summed E-state index contributed by atoms with van der Waals surface area (Å²) in [5.74, 6) is -0.305. The maximum absolute atomic E-state index is 11.4. The van der Waals surface area contributed by atoms with E-state index in [4.69, 9.17) is 9.52 Å². The first-order valence-corrected chi connectivity index (χ1v) is 5.40. The lowest BCUT2D eigenvalue weighted by Crippen LogP contribution is -2.02. The number of hydrogen-bond donors (Lipinski definition) is 2. The number of aliphatic hydroxyl groups is 1. The number of aliphatic hydroxyl groups excluding tert-OH is 1. The zero-order valence-electron chi connectivity index (χ0n) is 9.54. The molecule has 0 radical (unpaired) electrons. The molecule has 0 aliphatic heterocycles. The summed E-state index contributed by atoms with van der Waals surface area (Å²) >= 11 is 0. The number of aromatic hydroxyl groups is 1. The average molecular weight is 244 g/mol. The molecular weight excluding hydrogens is 232 g/mol. The van der Waals surface area contributed by atoms with Gasteiger partial charge >= 0.3 is 0 Å². The molecule has 1 heterocycles. The molecule has 2 rings (SSSR count). The Balaban J connectivity index is 2.37. The first-order chi connectivity index (χ1) is 8.70. The van der Waals surface area contributed by atoms with Crippen molar-refractivity contribution >= 4 is 12.2 Å². The van der Waals surface area contributed by atoms with E-state index < -0.39 is 11.2 Å². The third-order valence-corrected chi connectivity index (χ3v) is 2.38. The first kappa shape index (κ1) is 12.1. The normalized spacial score (nSPS) is 10.9. The average Bonchev–Trinajstić information content (AvgIpc) is 2.41. The molecule has 0 unspecified atom stereocenters. The SMILES string of the molecule is O=c1cc(CO)oc(/C=C/c2ccccc2)c1O. The molecule has 0 spiro atoms. The van der Waals surface area contributed by atoms with Gasteiger partial charge in [0, 0.05) is 6.07 Å². The molecule has 2 aromatic rings. The minimum absolute atomic E-state index is 0.0374. The van der Waals surface area contributed by atoms with Gasteiger partial charge in [-0.25, -0.2) is 0 Å². The lowest BCUT2D eigenvalue weighted by Gasteiger charge is -2.00. The lowest BCUT2D eigenvalue weighted by atomic mass is 10.2. The summed E-state index contributed by atoms with van der Waals surface area (Å²) < 4.78 is 5.17. The van der Waals surface area contributed by atoms with E-state index in [1.54, 1.807) is 6.08 Å². The summed E-state index contributed by atoms with van der Waals surface area (Å²) in [5, 5.41) is 18.5. The van der Waals surface area contributed by atoms with Crippen LogP contribution < -0.4 is 5.43 Å². The molecule has 2 N–H and O–H groups in total. The van der Waals surface area contributed by atoms with Crippen LogP contribution in [0.4, 0.5) is 0 Å². The Labute approximate surface area is 103 Å². The molecule has 0 atom stereocenters. The molecule has 1 aromatic heterocycles. The minimum atomic E-state index is -0.571. The Kier molecular flexibility index (Phi) is 3.60. The van der Waals surface area contributed by atoms with Gasteiger partial charge in [-0.3, -0.25) is 4.79 Å². The summed E-state index contributed by atoms with van der Waals surface area (Å²) in [6.45, 7) is -0.387. The Morgan fingerprint density at radius 3 is 2.56 bits per heavy atom. The van der Waals surface area contributed by atoms with E-state index >= 15 is 0 Å². The Morgan fingerprint density at radius 2 is 1.89 bits per heavy atom. The van der Waals surface area contributed by atoms with Crippen molar-refractivity contribution in [3.63, 3.8) is 0 Å². The summed E-state index contributed by atoms with van der Waals surface area (Å²) in [6, 6.07) is 10.5. The van der Waals surface area contributed by atoms with Crippen LogP contribution in [0.25, 0.3) is 12.2 Å². The Bertz CT molecular complexity index is 611. The highest BCUT2D eigenvalue weighted by Crippen LogP contribution is 2.17. The van der Waals surface area contributed by atoms with Crippen molar-refractivity contribution in [2.24, 2.45) is 0 Å². The highest BCUT2D eigenvalue weighted by Gasteiger charge is 2.07. The molecule has 0 fully saturated rings. The molecule has 92 valence electrons. The van der Waals surface area contributed by atoms with E-state index in [-0.39, 0.29) is 18.1 Å². The van der Waals surface area contributed by atoms with Gasteiger partial charge in [-0.1, -0.05) is 36.4 Å². The molecule has 0 bridgehead atoms. The van der Waals surface area contributed by atoms with Gasteiger partial charge in [-0.15, -0.1) is 0 Å². The molecule has 4 heteroatoms. The van der Waals surface area contributed by atoms with Gasteiger partial charge in [0.05, 0.1) is 0 Å². The molecule has 0 amide bonds. The van der Waals surface area contributed by atoms with Crippen molar-refractivity contribution in [2.45, 2.75) is 6.61 Å². The number of benzene rings is 1. The predicted molar refractivity (Wildman–Crippen MR) is 67.9 cm³/mol. The molecular formula is C14H12O4. The minimum Gasteiger partial charge on any atom is -0.502 e. The molecule has 0 saturated heterocycles. The predicted octanol–water partition coefficient (Wildman–Crippen LogP) is 2.01. The van der Waals surface area contributed by atoms with Gasteiger partial charge in [0.15, 0.2) is 5.76 Å². The van der Waals surface area contributed by atoms with E-state index in [0.29, 0.717) is 0 Å². The standard InChI is InChI=1S/C14H12O4/c15-9-11-8-12(16)14(17)13(18-11)7-6-10-4-2-1-3-5-10/h1-8,15,17H,9H2/b7-6+. The van der Waals surface area contributed by atoms with E-state index in [9.17, 15) is 9.90 Å². The third kappa shape index (κ3) is 2.67. The van der Waals surface area contributed by atoms with Crippen LogP contribution in [0.15, 0.2) is 45.6 Å².